The molecule has 0 bridgehead atoms. The van der Waals surface area contributed by atoms with Crippen molar-refractivity contribution in [3.8, 4) is 0 Å². The summed E-state index contributed by atoms with van der Waals surface area (Å²) in [5, 5.41) is 6.60. The van der Waals surface area contributed by atoms with Gasteiger partial charge in [0, 0.05) is 41.7 Å². The molecule has 22 heavy (non-hydrogen) atoms. The second-order valence-corrected chi connectivity index (χ2v) is 6.44. The zero-order valence-corrected chi connectivity index (χ0v) is 13.6. The normalized spacial score (nSPS) is 16.8. The van der Waals surface area contributed by atoms with E-state index in [0.717, 1.165) is 42.4 Å². The number of fused-ring (bicyclic) bond motifs is 3. The molecular weight excluding hydrogens is 298 g/mol. The van der Waals surface area contributed by atoms with Crippen LogP contribution in [0.15, 0.2) is 30.6 Å². The van der Waals surface area contributed by atoms with Gasteiger partial charge in [-0.1, -0.05) is 11.6 Å². The molecule has 0 N–H and O–H groups in total. The van der Waals surface area contributed by atoms with E-state index >= 15 is 0 Å². The summed E-state index contributed by atoms with van der Waals surface area (Å²) >= 11 is 6.17. The highest BCUT2D eigenvalue weighted by atomic mass is 35.5. The summed E-state index contributed by atoms with van der Waals surface area (Å²) in [7, 11) is 4.13. The average molecular weight is 317 g/mol. The standard InChI is InChI=1S/C16H19ClN5/c1-19-5-7-21(8-6-19)15-9-12-3-4-13(17)10-14(12)22-11-20(2)18-16(15)22/h3-4,9-11H,5-8H2,1-2H3/q+1. The van der Waals surface area contributed by atoms with Gasteiger partial charge in [0.2, 0.25) is 6.33 Å². The Morgan fingerprint density at radius 1 is 1.09 bits per heavy atom. The van der Waals surface area contributed by atoms with Crippen molar-refractivity contribution in [3.63, 3.8) is 0 Å². The summed E-state index contributed by atoms with van der Waals surface area (Å²) in [5.41, 5.74) is 3.28. The van der Waals surface area contributed by atoms with Gasteiger partial charge >= 0.3 is 5.65 Å². The molecule has 0 amide bonds. The predicted octanol–water partition coefficient (Wildman–Crippen LogP) is 1.72. The molecule has 1 fully saturated rings. The van der Waals surface area contributed by atoms with Crippen LogP contribution in [0.2, 0.25) is 5.02 Å². The number of nitrogens with zero attached hydrogens (tertiary/aromatic N) is 5. The summed E-state index contributed by atoms with van der Waals surface area (Å²) in [6.45, 7) is 4.22. The number of likely N-dealkylation sites (N-methyl/N-ethyl adjacent to an activating group) is 1. The Labute approximate surface area is 134 Å². The number of aromatic nitrogens is 3. The van der Waals surface area contributed by atoms with Gasteiger partial charge in [0.1, 0.15) is 11.2 Å². The summed E-state index contributed by atoms with van der Waals surface area (Å²) in [6, 6.07) is 8.26. The number of hydrogen-bond donors (Lipinski definition) is 0. The van der Waals surface area contributed by atoms with Crippen LogP contribution in [0.25, 0.3) is 16.6 Å². The first-order valence-electron chi connectivity index (χ1n) is 7.52. The van der Waals surface area contributed by atoms with E-state index in [0.29, 0.717) is 0 Å². The molecule has 3 heterocycles. The molecule has 0 aliphatic carbocycles. The van der Waals surface area contributed by atoms with E-state index in [2.05, 4.69) is 38.5 Å². The molecular formula is C16H19ClN5+. The molecule has 0 spiro atoms. The van der Waals surface area contributed by atoms with Crippen LogP contribution >= 0.6 is 11.6 Å². The fraction of sp³-hybridized carbons (Fsp3) is 0.375. The fourth-order valence-corrected chi connectivity index (χ4v) is 3.30. The largest absolute Gasteiger partial charge is 0.363 e. The number of anilines is 1. The monoisotopic (exact) mass is 316 g/mol. The molecule has 1 saturated heterocycles. The maximum absolute atomic E-state index is 6.17. The van der Waals surface area contributed by atoms with Gasteiger partial charge in [-0.25, -0.2) is 0 Å². The lowest BCUT2D eigenvalue weighted by Gasteiger charge is -2.33. The molecule has 4 rings (SSSR count). The summed E-state index contributed by atoms with van der Waals surface area (Å²) in [5.74, 6) is 0. The molecule has 5 nitrogen and oxygen atoms in total. The van der Waals surface area contributed by atoms with Gasteiger partial charge in [0.05, 0.1) is 7.05 Å². The minimum atomic E-state index is 0.748. The van der Waals surface area contributed by atoms with E-state index in [9.17, 15) is 0 Å². The summed E-state index contributed by atoms with van der Waals surface area (Å²) < 4.78 is 3.99. The Morgan fingerprint density at radius 2 is 1.86 bits per heavy atom. The summed E-state index contributed by atoms with van der Waals surface area (Å²) in [4.78, 5) is 4.79. The van der Waals surface area contributed by atoms with Crippen molar-refractivity contribution >= 4 is 33.8 Å². The van der Waals surface area contributed by atoms with Crippen LogP contribution in [-0.2, 0) is 7.05 Å². The molecule has 1 aliphatic rings. The Kier molecular flexibility index (Phi) is 3.20. The predicted molar refractivity (Wildman–Crippen MR) is 88.6 cm³/mol. The Bertz CT molecular complexity index is 848. The first kappa shape index (κ1) is 13.8. The highest BCUT2D eigenvalue weighted by Crippen LogP contribution is 2.25. The molecule has 2 aromatic heterocycles. The molecule has 1 aromatic carbocycles. The van der Waals surface area contributed by atoms with Crippen molar-refractivity contribution in [1.29, 1.82) is 0 Å². The van der Waals surface area contributed by atoms with Crippen LogP contribution in [0.5, 0.6) is 0 Å². The van der Waals surface area contributed by atoms with Crippen LogP contribution in [-0.4, -0.2) is 47.9 Å². The maximum Gasteiger partial charge on any atom is 0.329 e. The molecule has 3 aromatic rings. The van der Waals surface area contributed by atoms with Crippen molar-refractivity contribution in [2.75, 3.05) is 38.1 Å². The maximum atomic E-state index is 6.17. The lowest BCUT2D eigenvalue weighted by molar-refractivity contribution is -0.482. The quantitative estimate of drug-likeness (QED) is 0.640. The lowest BCUT2D eigenvalue weighted by Crippen LogP contribution is -2.45. The Balaban J connectivity index is 1.94. The Morgan fingerprint density at radius 3 is 2.64 bits per heavy atom. The van der Waals surface area contributed by atoms with Crippen molar-refractivity contribution in [2.45, 2.75) is 0 Å². The minimum Gasteiger partial charge on any atom is -0.363 e. The fourth-order valence-electron chi connectivity index (χ4n) is 3.14. The van der Waals surface area contributed by atoms with Crippen molar-refractivity contribution in [1.82, 2.24) is 14.7 Å². The van der Waals surface area contributed by atoms with Crippen molar-refractivity contribution in [3.05, 3.63) is 35.6 Å². The Hall–Kier alpha value is -1.85. The van der Waals surface area contributed by atoms with E-state index in [4.69, 9.17) is 11.6 Å². The van der Waals surface area contributed by atoms with Gasteiger partial charge in [-0.05, 0) is 31.3 Å². The van der Waals surface area contributed by atoms with Gasteiger partial charge in [-0.15, -0.1) is 4.68 Å². The first-order chi connectivity index (χ1) is 10.6. The zero-order chi connectivity index (χ0) is 15.3. The average Bonchev–Trinajstić information content (AvgIpc) is 2.89. The molecule has 0 radical (unpaired) electrons. The number of hydrogen-bond acceptors (Lipinski definition) is 3. The third-order valence-electron chi connectivity index (χ3n) is 4.38. The third kappa shape index (κ3) is 2.21. The molecule has 0 atom stereocenters. The summed E-state index contributed by atoms with van der Waals surface area (Å²) in [6.07, 6.45) is 2.01. The van der Waals surface area contributed by atoms with Gasteiger partial charge in [-0.2, -0.15) is 4.40 Å². The van der Waals surface area contributed by atoms with Crippen LogP contribution in [0.4, 0.5) is 5.69 Å². The highest BCUT2D eigenvalue weighted by Gasteiger charge is 2.23. The zero-order valence-electron chi connectivity index (χ0n) is 12.8. The number of benzene rings is 1. The lowest BCUT2D eigenvalue weighted by atomic mass is 10.2. The van der Waals surface area contributed by atoms with Crippen molar-refractivity contribution in [2.24, 2.45) is 7.05 Å². The van der Waals surface area contributed by atoms with Crippen LogP contribution in [0.3, 0.4) is 0 Å². The van der Waals surface area contributed by atoms with Gasteiger partial charge in [0.25, 0.3) is 0 Å². The van der Waals surface area contributed by atoms with Gasteiger partial charge in [-0.3, -0.25) is 0 Å². The topological polar surface area (TPSA) is 28.4 Å². The van der Waals surface area contributed by atoms with Gasteiger partial charge < -0.3 is 9.80 Å². The minimum absolute atomic E-state index is 0.748. The third-order valence-corrected chi connectivity index (χ3v) is 4.62. The number of rotatable bonds is 1. The highest BCUT2D eigenvalue weighted by molar-refractivity contribution is 6.31. The van der Waals surface area contributed by atoms with Crippen molar-refractivity contribution < 1.29 is 4.40 Å². The molecule has 114 valence electrons. The van der Waals surface area contributed by atoms with Crippen LogP contribution in [0, 0.1) is 0 Å². The number of halogens is 1. The van der Waals surface area contributed by atoms with E-state index in [1.165, 1.54) is 11.1 Å². The van der Waals surface area contributed by atoms with E-state index in [1.807, 2.05) is 30.2 Å². The molecule has 6 heteroatoms. The smallest absolute Gasteiger partial charge is 0.329 e. The number of aryl methyl sites for hydroxylation is 1. The molecule has 0 saturated carbocycles. The van der Waals surface area contributed by atoms with Crippen LogP contribution in [0.1, 0.15) is 0 Å². The van der Waals surface area contributed by atoms with Gasteiger partial charge in [0.15, 0.2) is 0 Å². The van der Waals surface area contributed by atoms with Crippen LogP contribution < -0.4 is 9.30 Å². The molecule has 1 aliphatic heterocycles. The molecule has 0 unspecified atom stereocenters. The first-order valence-corrected chi connectivity index (χ1v) is 7.90. The second-order valence-electron chi connectivity index (χ2n) is 6.01. The number of pyridine rings is 1. The van der Waals surface area contributed by atoms with E-state index < -0.39 is 0 Å². The van der Waals surface area contributed by atoms with E-state index in [1.54, 1.807) is 0 Å². The number of piperazine rings is 1. The SMILES string of the molecule is CN1CCN(c2cc3ccc(Cl)cc3[n+]3cn(C)nc23)CC1. The second kappa shape index (κ2) is 5.11. The van der Waals surface area contributed by atoms with E-state index in [-0.39, 0.29) is 0 Å².